The smallest absolute Gasteiger partial charge is 0.278 e. The molecule has 8 heteroatoms. The maximum absolute atomic E-state index is 13.4. The standard InChI is InChI=1S/C31H24N4O4/c1-38-23-12-13-25-26(18-23)32-15-14-29(25)39-24-11-10-22(33-19-24)17-28(36)30-27-9-5-6-16-34(27)35(31(30)37)20-21-7-3-2-4-8-21/h2-16,18-19H,17,20H2,1H3. The van der Waals surface area contributed by atoms with Crippen molar-refractivity contribution in [1.82, 2.24) is 19.2 Å². The van der Waals surface area contributed by atoms with Gasteiger partial charge in [-0.2, -0.15) is 0 Å². The van der Waals surface area contributed by atoms with Gasteiger partial charge < -0.3 is 9.47 Å². The quantitative estimate of drug-likeness (QED) is 0.255. The lowest BCUT2D eigenvalue weighted by molar-refractivity contribution is 0.0992. The lowest BCUT2D eigenvalue weighted by Crippen LogP contribution is -2.24. The minimum absolute atomic E-state index is 0.00654. The van der Waals surface area contributed by atoms with Gasteiger partial charge in [0.05, 0.1) is 37.3 Å². The molecule has 0 spiro atoms. The van der Waals surface area contributed by atoms with Gasteiger partial charge in [-0.3, -0.25) is 24.1 Å². The normalized spacial score (nSPS) is 11.1. The highest BCUT2D eigenvalue weighted by Gasteiger charge is 2.21. The van der Waals surface area contributed by atoms with Gasteiger partial charge in [-0.15, -0.1) is 0 Å². The fourth-order valence-electron chi connectivity index (χ4n) is 4.62. The Hall–Kier alpha value is -5.24. The van der Waals surface area contributed by atoms with Crippen LogP contribution in [0.15, 0.2) is 108 Å². The second-order valence-corrected chi connectivity index (χ2v) is 9.03. The van der Waals surface area contributed by atoms with Crippen LogP contribution < -0.4 is 15.0 Å². The van der Waals surface area contributed by atoms with Crippen LogP contribution in [0.1, 0.15) is 21.6 Å². The average Bonchev–Trinajstić information content (AvgIpc) is 3.25. The number of methoxy groups -OCH3 is 1. The van der Waals surface area contributed by atoms with Crippen LogP contribution in [0.5, 0.6) is 17.2 Å². The molecule has 0 aliphatic heterocycles. The lowest BCUT2D eigenvalue weighted by Gasteiger charge is -2.09. The Morgan fingerprint density at radius 3 is 2.51 bits per heavy atom. The third-order valence-electron chi connectivity index (χ3n) is 6.53. The van der Waals surface area contributed by atoms with Crippen molar-refractivity contribution in [2.75, 3.05) is 7.11 Å². The van der Waals surface area contributed by atoms with Gasteiger partial charge in [0.1, 0.15) is 22.8 Å². The summed E-state index contributed by atoms with van der Waals surface area (Å²) < 4.78 is 14.7. The van der Waals surface area contributed by atoms with E-state index in [-0.39, 0.29) is 23.3 Å². The molecule has 0 atom stereocenters. The molecule has 0 saturated carbocycles. The Balaban J connectivity index is 1.24. The van der Waals surface area contributed by atoms with Crippen molar-refractivity contribution in [1.29, 1.82) is 0 Å². The summed E-state index contributed by atoms with van der Waals surface area (Å²) >= 11 is 0. The van der Waals surface area contributed by atoms with Crippen LogP contribution in [0.4, 0.5) is 0 Å². The summed E-state index contributed by atoms with van der Waals surface area (Å²) in [5, 5.41) is 0.838. The van der Waals surface area contributed by atoms with Gasteiger partial charge in [0.15, 0.2) is 5.78 Å². The van der Waals surface area contributed by atoms with Crippen molar-refractivity contribution in [2.45, 2.75) is 13.0 Å². The van der Waals surface area contributed by atoms with Crippen LogP contribution in [0.3, 0.4) is 0 Å². The van der Waals surface area contributed by atoms with E-state index in [4.69, 9.17) is 9.47 Å². The van der Waals surface area contributed by atoms with Crippen molar-refractivity contribution >= 4 is 22.2 Å². The second-order valence-electron chi connectivity index (χ2n) is 9.03. The number of aromatic nitrogens is 4. The third-order valence-corrected chi connectivity index (χ3v) is 6.53. The van der Waals surface area contributed by atoms with E-state index in [1.165, 1.54) is 0 Å². The van der Waals surface area contributed by atoms with Gasteiger partial charge in [0.2, 0.25) is 0 Å². The first-order valence-corrected chi connectivity index (χ1v) is 12.4. The Labute approximate surface area is 223 Å². The highest BCUT2D eigenvalue weighted by atomic mass is 16.5. The van der Waals surface area contributed by atoms with E-state index in [1.807, 2.05) is 60.7 Å². The molecule has 0 N–H and O–H groups in total. The fraction of sp³-hybridized carbons (Fsp3) is 0.0968. The van der Waals surface area contributed by atoms with E-state index in [9.17, 15) is 9.59 Å². The molecule has 0 unspecified atom stereocenters. The van der Waals surface area contributed by atoms with Gasteiger partial charge in [0.25, 0.3) is 5.56 Å². The maximum atomic E-state index is 13.4. The number of ether oxygens (including phenoxy) is 2. The van der Waals surface area contributed by atoms with Crippen LogP contribution in [0.2, 0.25) is 0 Å². The molecule has 0 aliphatic rings. The Bertz CT molecular complexity index is 1860. The Morgan fingerprint density at radius 2 is 1.72 bits per heavy atom. The van der Waals surface area contributed by atoms with Crippen molar-refractivity contribution in [3.05, 3.63) is 131 Å². The molecule has 0 saturated heterocycles. The van der Waals surface area contributed by atoms with E-state index in [0.717, 1.165) is 16.5 Å². The van der Waals surface area contributed by atoms with Crippen LogP contribution in [0, 0.1) is 0 Å². The maximum Gasteiger partial charge on any atom is 0.278 e. The monoisotopic (exact) mass is 516 g/mol. The van der Waals surface area contributed by atoms with Gasteiger partial charge in [-0.05, 0) is 48.0 Å². The molecule has 0 amide bonds. The van der Waals surface area contributed by atoms with Gasteiger partial charge in [-0.1, -0.05) is 36.4 Å². The summed E-state index contributed by atoms with van der Waals surface area (Å²) in [5.74, 6) is 1.58. The number of carbonyl (C=O) groups excluding carboxylic acids is 1. The largest absolute Gasteiger partial charge is 0.497 e. The summed E-state index contributed by atoms with van der Waals surface area (Å²) in [6, 6.07) is 26.0. The summed E-state index contributed by atoms with van der Waals surface area (Å²) in [7, 11) is 1.61. The lowest BCUT2D eigenvalue weighted by atomic mass is 10.1. The summed E-state index contributed by atoms with van der Waals surface area (Å²) in [6.07, 6.45) is 5.03. The predicted molar refractivity (Wildman–Crippen MR) is 148 cm³/mol. The zero-order valence-electron chi connectivity index (χ0n) is 21.2. The van der Waals surface area contributed by atoms with E-state index in [1.54, 1.807) is 59.2 Å². The predicted octanol–water partition coefficient (Wildman–Crippen LogP) is 5.32. The number of nitrogens with zero attached hydrogens (tertiary/aromatic N) is 4. The van der Waals surface area contributed by atoms with E-state index in [2.05, 4.69) is 9.97 Å². The fourth-order valence-corrected chi connectivity index (χ4v) is 4.62. The first kappa shape index (κ1) is 24.1. The Kier molecular flexibility index (Phi) is 6.34. The SMILES string of the molecule is COc1ccc2c(Oc3ccc(CC(=O)c4c(=O)n(Cc5ccccc5)n5ccccc45)nc3)ccnc2c1. The molecule has 0 fully saturated rings. The van der Waals surface area contributed by atoms with E-state index in [0.29, 0.717) is 35.0 Å². The summed E-state index contributed by atoms with van der Waals surface area (Å²) in [5.41, 5.74) is 2.68. The molecule has 0 aliphatic carbocycles. The minimum Gasteiger partial charge on any atom is -0.497 e. The highest BCUT2D eigenvalue weighted by molar-refractivity contribution is 6.03. The molecule has 6 aromatic rings. The minimum atomic E-state index is -0.323. The first-order chi connectivity index (χ1) is 19.1. The van der Waals surface area contributed by atoms with Gasteiger partial charge in [-0.25, -0.2) is 4.68 Å². The third kappa shape index (κ3) is 4.75. The van der Waals surface area contributed by atoms with E-state index >= 15 is 0 Å². The van der Waals surface area contributed by atoms with Crippen molar-refractivity contribution in [3.8, 4) is 17.2 Å². The molecular weight excluding hydrogens is 492 g/mol. The molecule has 2 aromatic carbocycles. The molecule has 192 valence electrons. The van der Waals surface area contributed by atoms with Crippen molar-refractivity contribution in [3.63, 3.8) is 0 Å². The number of pyridine rings is 3. The van der Waals surface area contributed by atoms with Crippen LogP contribution >= 0.6 is 0 Å². The molecule has 0 bridgehead atoms. The molecule has 4 heterocycles. The number of fused-ring (bicyclic) bond motifs is 2. The number of carbonyl (C=O) groups is 1. The zero-order chi connectivity index (χ0) is 26.8. The molecule has 4 aromatic heterocycles. The first-order valence-electron chi connectivity index (χ1n) is 12.4. The summed E-state index contributed by atoms with van der Waals surface area (Å²) in [6.45, 7) is 0.360. The second kappa shape index (κ2) is 10.3. The van der Waals surface area contributed by atoms with Crippen LogP contribution in [-0.4, -0.2) is 32.1 Å². The average molecular weight is 517 g/mol. The zero-order valence-corrected chi connectivity index (χ0v) is 21.2. The number of ketones is 1. The molecule has 39 heavy (non-hydrogen) atoms. The highest BCUT2D eigenvalue weighted by Crippen LogP contribution is 2.30. The molecule has 0 radical (unpaired) electrons. The van der Waals surface area contributed by atoms with Crippen LogP contribution in [0.25, 0.3) is 16.4 Å². The Morgan fingerprint density at radius 1 is 0.897 bits per heavy atom. The van der Waals surface area contributed by atoms with Crippen molar-refractivity contribution in [2.24, 2.45) is 0 Å². The number of rotatable bonds is 8. The number of hydrogen-bond donors (Lipinski definition) is 0. The topological polar surface area (TPSA) is 87.7 Å². The molecule has 6 rings (SSSR count). The van der Waals surface area contributed by atoms with Gasteiger partial charge >= 0.3 is 0 Å². The number of hydrogen-bond acceptors (Lipinski definition) is 6. The van der Waals surface area contributed by atoms with E-state index < -0.39 is 0 Å². The number of benzene rings is 2. The van der Waals surface area contributed by atoms with Crippen LogP contribution in [-0.2, 0) is 13.0 Å². The van der Waals surface area contributed by atoms with Gasteiger partial charge in [0, 0.05) is 29.5 Å². The number of Topliss-reactive ketones (excluding diaryl/α,β-unsaturated/α-hetero) is 1. The van der Waals surface area contributed by atoms with Crippen molar-refractivity contribution < 1.29 is 14.3 Å². The molecule has 8 nitrogen and oxygen atoms in total. The molecular formula is C31H24N4O4. The summed E-state index contributed by atoms with van der Waals surface area (Å²) in [4.78, 5) is 35.6.